The summed E-state index contributed by atoms with van der Waals surface area (Å²) >= 11 is 0. The van der Waals surface area contributed by atoms with Crippen LogP contribution in [0.3, 0.4) is 0 Å². The van der Waals surface area contributed by atoms with Gasteiger partial charge in [-0.05, 0) is 86.7 Å². The van der Waals surface area contributed by atoms with Crippen molar-refractivity contribution in [3.8, 4) is 17.2 Å². The van der Waals surface area contributed by atoms with Crippen LogP contribution in [0.15, 0.2) is 60.7 Å². The lowest BCUT2D eigenvalue weighted by atomic mass is 10.1. The van der Waals surface area contributed by atoms with Crippen molar-refractivity contribution in [3.63, 3.8) is 0 Å². The Morgan fingerprint density at radius 1 is 0.895 bits per heavy atom. The third-order valence-electron chi connectivity index (χ3n) is 6.77. The van der Waals surface area contributed by atoms with Crippen LogP contribution in [0, 0.1) is 13.8 Å². The zero-order valence-electron chi connectivity index (χ0n) is 22.8. The molecule has 0 saturated carbocycles. The van der Waals surface area contributed by atoms with E-state index < -0.39 is 0 Å². The van der Waals surface area contributed by atoms with E-state index in [1.54, 1.807) is 32.4 Å². The fraction of sp³-hybridized carbons (Fsp3) is 0.355. The van der Waals surface area contributed by atoms with E-state index in [0.29, 0.717) is 30.2 Å². The summed E-state index contributed by atoms with van der Waals surface area (Å²) in [4.78, 5) is 17.5. The van der Waals surface area contributed by atoms with E-state index in [9.17, 15) is 4.79 Å². The first kappa shape index (κ1) is 27.0. The van der Waals surface area contributed by atoms with E-state index in [2.05, 4.69) is 54.1 Å². The standard InChI is InChI=1S/C31H37N3O4/c1-22-13-15-25(20-23(22)2)38-19-8-7-18-34-27-11-6-5-10-26(27)33-30(34)12-9-17-32-31(35)24-14-16-28(36-3)29(21-24)37-4/h5-6,10-11,13-16,20-21H,7-9,12,17-19H2,1-4H3,(H,32,35). The molecule has 1 heterocycles. The number of hydrogen-bond donors (Lipinski definition) is 1. The van der Waals surface area contributed by atoms with Crippen LogP contribution in [0.1, 0.15) is 46.6 Å². The molecule has 0 aliphatic heterocycles. The molecule has 0 spiro atoms. The van der Waals surface area contributed by atoms with Crippen LogP contribution < -0.4 is 19.5 Å². The number of nitrogens with zero attached hydrogens (tertiary/aromatic N) is 2. The Morgan fingerprint density at radius 3 is 2.50 bits per heavy atom. The van der Waals surface area contributed by atoms with Gasteiger partial charge in [-0.2, -0.15) is 0 Å². The Bertz CT molecular complexity index is 1380. The summed E-state index contributed by atoms with van der Waals surface area (Å²) in [5.74, 6) is 2.97. The number of hydrogen-bond acceptors (Lipinski definition) is 5. The minimum atomic E-state index is -0.136. The monoisotopic (exact) mass is 515 g/mol. The number of methoxy groups -OCH3 is 2. The summed E-state index contributed by atoms with van der Waals surface area (Å²) in [5, 5.41) is 3.01. The SMILES string of the molecule is COc1ccc(C(=O)NCCCc2nc3ccccc3n2CCCCOc2ccc(C)c(C)c2)cc1OC. The van der Waals surface area contributed by atoms with Gasteiger partial charge in [0.1, 0.15) is 11.6 Å². The molecule has 0 aliphatic carbocycles. The van der Waals surface area contributed by atoms with E-state index in [0.717, 1.165) is 54.8 Å². The Balaban J connectivity index is 1.29. The number of benzene rings is 3. The van der Waals surface area contributed by atoms with E-state index >= 15 is 0 Å². The van der Waals surface area contributed by atoms with Gasteiger partial charge in [0.15, 0.2) is 11.5 Å². The molecule has 200 valence electrons. The van der Waals surface area contributed by atoms with Crippen molar-refractivity contribution in [2.45, 2.75) is 46.1 Å². The van der Waals surface area contributed by atoms with E-state index in [-0.39, 0.29) is 5.91 Å². The van der Waals surface area contributed by atoms with Gasteiger partial charge in [-0.3, -0.25) is 4.79 Å². The zero-order chi connectivity index (χ0) is 26.9. The Kier molecular flexibility index (Phi) is 9.25. The summed E-state index contributed by atoms with van der Waals surface area (Å²) in [6.45, 7) is 6.34. The largest absolute Gasteiger partial charge is 0.494 e. The summed E-state index contributed by atoms with van der Waals surface area (Å²) in [5.41, 5.74) is 5.21. The Labute approximate surface area is 224 Å². The van der Waals surface area contributed by atoms with Gasteiger partial charge in [0, 0.05) is 25.1 Å². The van der Waals surface area contributed by atoms with Crippen LogP contribution >= 0.6 is 0 Å². The molecule has 7 nitrogen and oxygen atoms in total. The number of fused-ring (bicyclic) bond motifs is 1. The molecule has 1 aromatic heterocycles. The van der Waals surface area contributed by atoms with Crippen LogP contribution in [-0.4, -0.2) is 42.8 Å². The molecule has 3 aromatic carbocycles. The van der Waals surface area contributed by atoms with Gasteiger partial charge < -0.3 is 24.1 Å². The second-order valence-electron chi connectivity index (χ2n) is 9.40. The number of aryl methyl sites for hydroxylation is 4. The highest BCUT2D eigenvalue weighted by Crippen LogP contribution is 2.27. The van der Waals surface area contributed by atoms with Crippen LogP contribution in [0.25, 0.3) is 11.0 Å². The number of rotatable bonds is 13. The number of nitrogens with one attached hydrogen (secondary N) is 1. The van der Waals surface area contributed by atoms with Crippen molar-refractivity contribution in [3.05, 3.63) is 83.2 Å². The number of imidazole rings is 1. The zero-order valence-corrected chi connectivity index (χ0v) is 22.8. The average molecular weight is 516 g/mol. The van der Waals surface area contributed by atoms with Gasteiger partial charge in [-0.15, -0.1) is 0 Å². The highest BCUT2D eigenvalue weighted by molar-refractivity contribution is 5.94. The molecule has 0 atom stereocenters. The second kappa shape index (κ2) is 13.0. The highest BCUT2D eigenvalue weighted by atomic mass is 16.5. The molecule has 1 N–H and O–H groups in total. The molecular formula is C31H37N3O4. The van der Waals surface area contributed by atoms with Gasteiger partial charge in [-0.1, -0.05) is 18.2 Å². The minimum Gasteiger partial charge on any atom is -0.494 e. The predicted octanol–water partition coefficient (Wildman–Crippen LogP) is 5.89. The van der Waals surface area contributed by atoms with Crippen LogP contribution in [-0.2, 0) is 13.0 Å². The molecule has 0 radical (unpaired) electrons. The number of aromatic nitrogens is 2. The van der Waals surface area contributed by atoms with Gasteiger partial charge in [0.2, 0.25) is 0 Å². The van der Waals surface area contributed by atoms with Gasteiger partial charge in [0.05, 0.1) is 31.9 Å². The molecule has 0 aliphatic rings. The number of carbonyl (C=O) groups excluding carboxylic acids is 1. The smallest absolute Gasteiger partial charge is 0.251 e. The first-order chi connectivity index (χ1) is 18.5. The molecule has 4 rings (SSSR count). The number of amides is 1. The lowest BCUT2D eigenvalue weighted by Gasteiger charge is -2.12. The maximum absolute atomic E-state index is 12.6. The van der Waals surface area contributed by atoms with E-state index in [4.69, 9.17) is 19.2 Å². The maximum Gasteiger partial charge on any atom is 0.251 e. The van der Waals surface area contributed by atoms with Crippen LogP contribution in [0.4, 0.5) is 0 Å². The number of carbonyl (C=O) groups is 1. The normalized spacial score (nSPS) is 10.9. The summed E-state index contributed by atoms with van der Waals surface area (Å²) < 4.78 is 18.8. The van der Waals surface area contributed by atoms with E-state index in [1.165, 1.54) is 11.1 Å². The summed E-state index contributed by atoms with van der Waals surface area (Å²) in [6.07, 6.45) is 3.52. The summed E-state index contributed by atoms with van der Waals surface area (Å²) in [7, 11) is 3.13. The lowest BCUT2D eigenvalue weighted by molar-refractivity contribution is 0.0952. The van der Waals surface area contributed by atoms with Gasteiger partial charge in [0.25, 0.3) is 5.91 Å². The number of ether oxygens (including phenoxy) is 3. The molecule has 0 bridgehead atoms. The fourth-order valence-electron chi connectivity index (χ4n) is 4.46. The first-order valence-corrected chi connectivity index (χ1v) is 13.1. The summed E-state index contributed by atoms with van der Waals surface area (Å²) in [6, 6.07) is 19.6. The quantitative estimate of drug-likeness (QED) is 0.225. The molecule has 0 unspecified atom stereocenters. The van der Waals surface area contributed by atoms with Crippen molar-refractivity contribution in [2.75, 3.05) is 27.4 Å². The Morgan fingerprint density at radius 2 is 1.71 bits per heavy atom. The highest BCUT2D eigenvalue weighted by Gasteiger charge is 2.12. The third-order valence-corrected chi connectivity index (χ3v) is 6.77. The maximum atomic E-state index is 12.6. The molecule has 1 amide bonds. The van der Waals surface area contributed by atoms with Gasteiger partial charge >= 0.3 is 0 Å². The van der Waals surface area contributed by atoms with Crippen molar-refractivity contribution in [1.82, 2.24) is 14.9 Å². The molecule has 0 fully saturated rings. The van der Waals surface area contributed by atoms with Crippen molar-refractivity contribution >= 4 is 16.9 Å². The average Bonchev–Trinajstić information content (AvgIpc) is 3.29. The van der Waals surface area contributed by atoms with Crippen LogP contribution in [0.5, 0.6) is 17.2 Å². The topological polar surface area (TPSA) is 74.6 Å². The second-order valence-corrected chi connectivity index (χ2v) is 9.40. The van der Waals surface area contributed by atoms with E-state index in [1.807, 2.05) is 12.1 Å². The van der Waals surface area contributed by atoms with Crippen molar-refractivity contribution in [2.24, 2.45) is 0 Å². The van der Waals surface area contributed by atoms with Crippen LogP contribution in [0.2, 0.25) is 0 Å². The lowest BCUT2D eigenvalue weighted by Crippen LogP contribution is -2.25. The minimum absolute atomic E-state index is 0.136. The Hall–Kier alpha value is -4.00. The van der Waals surface area contributed by atoms with Crippen molar-refractivity contribution in [1.29, 1.82) is 0 Å². The molecular weight excluding hydrogens is 478 g/mol. The molecule has 0 saturated heterocycles. The third kappa shape index (κ3) is 6.65. The van der Waals surface area contributed by atoms with Crippen molar-refractivity contribution < 1.29 is 19.0 Å². The first-order valence-electron chi connectivity index (χ1n) is 13.1. The molecule has 38 heavy (non-hydrogen) atoms. The molecule has 4 aromatic rings. The van der Waals surface area contributed by atoms with Gasteiger partial charge in [-0.25, -0.2) is 4.98 Å². The number of para-hydroxylation sites is 2. The fourth-order valence-corrected chi connectivity index (χ4v) is 4.46. The molecule has 7 heteroatoms. The number of unbranched alkanes of at least 4 members (excludes halogenated alkanes) is 1. The predicted molar refractivity (Wildman–Crippen MR) is 151 cm³/mol.